The number of unbranched alkanes of at least 4 members (excludes halogenated alkanes) is 3. The van der Waals surface area contributed by atoms with Gasteiger partial charge in [0.05, 0.1) is 0 Å². The molecule has 0 rings (SSSR count). The molecule has 0 aliphatic carbocycles. The van der Waals surface area contributed by atoms with Crippen LogP contribution in [0.4, 0.5) is 0 Å². The fourth-order valence-corrected chi connectivity index (χ4v) is 2.30. The van der Waals surface area contributed by atoms with Crippen LogP contribution in [0.2, 0.25) is 0 Å². The Kier molecular flexibility index (Phi) is 11.5. The van der Waals surface area contributed by atoms with E-state index >= 15 is 0 Å². The number of hydrogen-bond acceptors (Lipinski definition) is 0. The third-order valence-electron chi connectivity index (χ3n) is 3.25. The van der Waals surface area contributed by atoms with Crippen LogP contribution in [0.5, 0.6) is 0 Å². The molecule has 0 bridgehead atoms. The van der Waals surface area contributed by atoms with Crippen molar-refractivity contribution in [2.24, 2.45) is 5.41 Å². The highest BCUT2D eigenvalue weighted by atomic mass is 14.2. The highest BCUT2D eigenvalue weighted by molar-refractivity contribution is 5.08. The van der Waals surface area contributed by atoms with Crippen molar-refractivity contribution in [3.05, 3.63) is 36.0 Å². The molecule has 0 radical (unpaired) electrons. The van der Waals surface area contributed by atoms with Crippen LogP contribution in [0.3, 0.4) is 0 Å². The average Bonchev–Trinajstić information content (AvgIpc) is 2.36. The summed E-state index contributed by atoms with van der Waals surface area (Å²) in [6.07, 6.45) is 21.4. The van der Waals surface area contributed by atoms with E-state index in [1.807, 2.05) is 0 Å². The largest absolute Gasteiger partial charge is 0.0853 e. The lowest BCUT2D eigenvalue weighted by Gasteiger charge is -2.20. The summed E-state index contributed by atoms with van der Waals surface area (Å²) in [7, 11) is 0. The Balaban J connectivity index is 4.24. The molecule has 0 nitrogen and oxygen atoms in total. The van der Waals surface area contributed by atoms with Crippen molar-refractivity contribution in [2.45, 2.75) is 86.0 Å². The maximum absolute atomic E-state index is 2.51. The molecule has 116 valence electrons. The molecule has 0 atom stereocenters. The zero-order valence-corrected chi connectivity index (χ0v) is 14.5. The molecule has 0 unspecified atom stereocenters. The van der Waals surface area contributed by atoms with Gasteiger partial charge in [-0.1, -0.05) is 83.4 Å². The number of hydrogen-bond donors (Lipinski definition) is 0. The van der Waals surface area contributed by atoms with Crippen molar-refractivity contribution >= 4 is 0 Å². The first kappa shape index (κ1) is 19.2. The Bertz CT molecular complexity index is 296. The van der Waals surface area contributed by atoms with Crippen LogP contribution < -0.4 is 0 Å². The van der Waals surface area contributed by atoms with Gasteiger partial charge in [0.2, 0.25) is 0 Å². The first-order chi connectivity index (χ1) is 9.49. The molecule has 0 aromatic rings. The molecule has 0 aliphatic rings. The van der Waals surface area contributed by atoms with Crippen molar-refractivity contribution in [3.63, 3.8) is 0 Å². The quantitative estimate of drug-likeness (QED) is 0.224. The molecule has 0 N–H and O–H groups in total. The van der Waals surface area contributed by atoms with Gasteiger partial charge in [0, 0.05) is 0 Å². The van der Waals surface area contributed by atoms with Crippen LogP contribution in [0.25, 0.3) is 0 Å². The fourth-order valence-electron chi connectivity index (χ4n) is 2.30. The van der Waals surface area contributed by atoms with E-state index in [-0.39, 0.29) is 0 Å². The van der Waals surface area contributed by atoms with Crippen LogP contribution in [-0.2, 0) is 0 Å². The molecule has 0 fully saturated rings. The summed E-state index contributed by atoms with van der Waals surface area (Å²) in [5.74, 6) is 0. The smallest absolute Gasteiger partial charge is 0.0271 e. The molecular formula is C20H36. The third-order valence-corrected chi connectivity index (χ3v) is 3.25. The third kappa shape index (κ3) is 13.6. The second kappa shape index (κ2) is 12.0. The first-order valence-electron chi connectivity index (χ1n) is 8.49. The van der Waals surface area contributed by atoms with Gasteiger partial charge in [0.25, 0.3) is 0 Å². The number of allylic oxidation sites excluding steroid dienone is 6. The van der Waals surface area contributed by atoms with E-state index < -0.39 is 0 Å². The van der Waals surface area contributed by atoms with Crippen molar-refractivity contribution in [3.8, 4) is 0 Å². The fraction of sp³-hybridized carbons (Fsp3) is 0.700. The summed E-state index contributed by atoms with van der Waals surface area (Å²) < 4.78 is 0. The molecule has 0 saturated heterocycles. The van der Waals surface area contributed by atoms with E-state index in [9.17, 15) is 0 Å². The van der Waals surface area contributed by atoms with Crippen molar-refractivity contribution < 1.29 is 0 Å². The topological polar surface area (TPSA) is 0 Å². The van der Waals surface area contributed by atoms with E-state index in [4.69, 9.17) is 0 Å². The Morgan fingerprint density at radius 1 is 0.900 bits per heavy atom. The van der Waals surface area contributed by atoms with Gasteiger partial charge in [-0.05, 0) is 43.9 Å². The van der Waals surface area contributed by atoms with Crippen LogP contribution in [0.15, 0.2) is 36.0 Å². The van der Waals surface area contributed by atoms with Crippen LogP contribution >= 0.6 is 0 Å². The van der Waals surface area contributed by atoms with Crippen LogP contribution in [0, 0.1) is 5.41 Å². The summed E-state index contributed by atoms with van der Waals surface area (Å²) in [6.45, 7) is 11.5. The van der Waals surface area contributed by atoms with Crippen molar-refractivity contribution in [1.82, 2.24) is 0 Å². The Morgan fingerprint density at radius 3 is 2.20 bits per heavy atom. The van der Waals surface area contributed by atoms with E-state index in [0.29, 0.717) is 5.41 Å². The summed E-state index contributed by atoms with van der Waals surface area (Å²) in [5, 5.41) is 0. The zero-order chi connectivity index (χ0) is 15.3. The van der Waals surface area contributed by atoms with Gasteiger partial charge in [-0.15, -0.1) is 0 Å². The lowest BCUT2D eigenvalue weighted by atomic mass is 9.86. The SMILES string of the molecule is CC/C=C/C=C/CC/C(=C\CCCCC)CC(C)(C)C. The van der Waals surface area contributed by atoms with E-state index in [0.717, 1.165) is 6.42 Å². The van der Waals surface area contributed by atoms with Crippen molar-refractivity contribution in [1.29, 1.82) is 0 Å². The minimum absolute atomic E-state index is 0.405. The molecular weight excluding hydrogens is 240 g/mol. The minimum atomic E-state index is 0.405. The monoisotopic (exact) mass is 276 g/mol. The second-order valence-electron chi connectivity index (χ2n) is 6.90. The number of rotatable bonds is 10. The molecule has 0 saturated carbocycles. The molecule has 0 spiro atoms. The van der Waals surface area contributed by atoms with E-state index in [2.05, 4.69) is 65.0 Å². The standard InChI is InChI=1S/C20H36/c1-6-8-10-12-13-15-17-19(18-20(3,4)5)16-14-11-9-7-2/h8,10,12-13,16H,6-7,9,11,14-15,17-18H2,1-5H3/b10-8+,13-12+,19-16+. The Morgan fingerprint density at radius 2 is 1.60 bits per heavy atom. The van der Waals surface area contributed by atoms with Gasteiger partial charge >= 0.3 is 0 Å². The molecule has 0 aliphatic heterocycles. The van der Waals surface area contributed by atoms with Gasteiger partial charge in [-0.3, -0.25) is 0 Å². The van der Waals surface area contributed by atoms with E-state index in [1.165, 1.54) is 44.9 Å². The first-order valence-corrected chi connectivity index (χ1v) is 8.49. The summed E-state index contributed by atoms with van der Waals surface area (Å²) in [5.41, 5.74) is 2.06. The van der Waals surface area contributed by atoms with Gasteiger partial charge < -0.3 is 0 Å². The predicted octanol–water partition coefficient (Wildman–Crippen LogP) is 7.23. The summed E-state index contributed by atoms with van der Waals surface area (Å²) in [4.78, 5) is 0. The van der Waals surface area contributed by atoms with E-state index in [1.54, 1.807) is 5.57 Å². The van der Waals surface area contributed by atoms with Gasteiger partial charge in [-0.25, -0.2) is 0 Å². The molecule has 0 heteroatoms. The average molecular weight is 277 g/mol. The maximum atomic E-state index is 2.51. The van der Waals surface area contributed by atoms with Crippen molar-refractivity contribution in [2.75, 3.05) is 0 Å². The maximum Gasteiger partial charge on any atom is -0.0271 e. The Hall–Kier alpha value is -0.780. The Labute approximate surface area is 128 Å². The van der Waals surface area contributed by atoms with Crippen LogP contribution in [0.1, 0.15) is 86.0 Å². The molecule has 0 amide bonds. The molecule has 0 aromatic carbocycles. The lowest BCUT2D eigenvalue weighted by molar-refractivity contribution is 0.403. The normalized spacial score (nSPS) is 13.8. The highest BCUT2D eigenvalue weighted by Crippen LogP contribution is 2.27. The predicted molar refractivity (Wildman–Crippen MR) is 94.1 cm³/mol. The minimum Gasteiger partial charge on any atom is -0.0853 e. The zero-order valence-electron chi connectivity index (χ0n) is 14.5. The second-order valence-corrected chi connectivity index (χ2v) is 6.90. The highest BCUT2D eigenvalue weighted by Gasteiger charge is 2.12. The lowest BCUT2D eigenvalue weighted by Crippen LogP contribution is -2.06. The summed E-state index contributed by atoms with van der Waals surface area (Å²) in [6, 6.07) is 0. The molecule has 20 heavy (non-hydrogen) atoms. The molecule has 0 heterocycles. The summed E-state index contributed by atoms with van der Waals surface area (Å²) >= 11 is 0. The van der Waals surface area contributed by atoms with Crippen LogP contribution in [-0.4, -0.2) is 0 Å². The van der Waals surface area contributed by atoms with Gasteiger partial charge in [0.15, 0.2) is 0 Å². The van der Waals surface area contributed by atoms with Gasteiger partial charge in [0.1, 0.15) is 0 Å². The molecule has 0 aromatic heterocycles. The van der Waals surface area contributed by atoms with Gasteiger partial charge in [-0.2, -0.15) is 0 Å².